The largest absolute Gasteiger partial charge is 0.444 e. The van der Waals surface area contributed by atoms with Crippen LogP contribution in [0.4, 0.5) is 0 Å². The second-order valence-electron chi connectivity index (χ2n) is 7.04. The zero-order chi connectivity index (χ0) is 20.7. The molecule has 0 radical (unpaired) electrons. The first-order valence-corrected chi connectivity index (χ1v) is 9.25. The average molecular weight is 388 g/mol. The highest BCUT2D eigenvalue weighted by molar-refractivity contribution is 6.10. The Kier molecular flexibility index (Phi) is 4.54. The lowest BCUT2D eigenvalue weighted by Gasteiger charge is -2.30. The Morgan fingerprint density at radius 3 is 2.10 bits per heavy atom. The van der Waals surface area contributed by atoms with Crippen LogP contribution in [0.1, 0.15) is 34.3 Å². The fraction of sp³-hybridized carbons (Fsp3) is 0.174. The molecule has 0 fully saturated rings. The summed E-state index contributed by atoms with van der Waals surface area (Å²) >= 11 is 0. The maximum Gasteiger partial charge on any atom is 0.333 e. The zero-order valence-electron chi connectivity index (χ0n) is 16.4. The van der Waals surface area contributed by atoms with Gasteiger partial charge in [0.15, 0.2) is 5.78 Å². The first-order chi connectivity index (χ1) is 13.9. The number of hydrogen-bond acceptors (Lipinski definition) is 4. The van der Waals surface area contributed by atoms with Crippen molar-refractivity contribution in [1.29, 1.82) is 0 Å². The molecule has 0 bridgehead atoms. The summed E-state index contributed by atoms with van der Waals surface area (Å²) in [6, 6.07) is 18.2. The maximum atomic E-state index is 13.4. The first kappa shape index (κ1) is 18.7. The van der Waals surface area contributed by atoms with Crippen LogP contribution in [0.3, 0.4) is 0 Å². The van der Waals surface area contributed by atoms with Crippen molar-refractivity contribution in [2.24, 2.45) is 14.1 Å². The van der Waals surface area contributed by atoms with Crippen LogP contribution < -0.4 is 16.0 Å². The van der Waals surface area contributed by atoms with Crippen LogP contribution in [0.15, 0.2) is 81.6 Å². The van der Waals surface area contributed by atoms with Gasteiger partial charge in [-0.05, 0) is 12.5 Å². The van der Waals surface area contributed by atoms with Crippen molar-refractivity contribution in [2.45, 2.75) is 12.8 Å². The van der Waals surface area contributed by atoms with Gasteiger partial charge in [0.1, 0.15) is 5.76 Å². The van der Waals surface area contributed by atoms with E-state index in [-0.39, 0.29) is 17.2 Å². The Labute approximate surface area is 167 Å². The minimum absolute atomic E-state index is 0.175. The molecule has 6 nitrogen and oxygen atoms in total. The van der Waals surface area contributed by atoms with Crippen LogP contribution in [-0.4, -0.2) is 14.9 Å². The molecule has 0 aliphatic carbocycles. The van der Waals surface area contributed by atoms with E-state index in [0.717, 1.165) is 10.1 Å². The SMILES string of the molecule is CC1=C(C(=O)c2ccccc2)[C@H](c2ccccc2)c2c(n(C)c(=O)n(C)c2=O)O1. The number of benzene rings is 2. The smallest absolute Gasteiger partial charge is 0.333 e. The second kappa shape index (κ2) is 7.05. The molecule has 0 saturated heterocycles. The molecule has 1 atom stereocenters. The molecule has 3 aromatic rings. The number of hydrogen-bond donors (Lipinski definition) is 0. The van der Waals surface area contributed by atoms with Gasteiger partial charge >= 0.3 is 5.69 Å². The van der Waals surface area contributed by atoms with Crippen LogP contribution in [0, 0.1) is 0 Å². The number of carbonyl (C=O) groups is 1. The molecular formula is C23H20N2O4. The van der Waals surface area contributed by atoms with Crippen molar-refractivity contribution in [3.8, 4) is 5.88 Å². The molecule has 2 heterocycles. The highest BCUT2D eigenvalue weighted by Gasteiger charge is 2.38. The van der Waals surface area contributed by atoms with Crippen molar-refractivity contribution >= 4 is 5.78 Å². The highest BCUT2D eigenvalue weighted by atomic mass is 16.5. The molecule has 0 amide bonds. The topological polar surface area (TPSA) is 70.3 Å². The van der Waals surface area contributed by atoms with E-state index < -0.39 is 17.2 Å². The molecule has 0 saturated carbocycles. The molecule has 4 rings (SSSR count). The van der Waals surface area contributed by atoms with E-state index in [9.17, 15) is 14.4 Å². The maximum absolute atomic E-state index is 13.4. The molecule has 1 aromatic heterocycles. The van der Waals surface area contributed by atoms with Gasteiger partial charge in [-0.1, -0.05) is 60.7 Å². The third kappa shape index (κ3) is 2.93. The number of nitrogens with zero attached hydrogens (tertiary/aromatic N) is 2. The van der Waals surface area contributed by atoms with Crippen molar-refractivity contribution in [3.05, 3.63) is 110 Å². The molecule has 0 unspecified atom stereocenters. The lowest BCUT2D eigenvalue weighted by atomic mass is 9.80. The third-order valence-corrected chi connectivity index (χ3v) is 5.26. The van der Waals surface area contributed by atoms with Crippen LogP contribution in [0.2, 0.25) is 0 Å². The number of ketones is 1. The number of fused-ring (bicyclic) bond motifs is 1. The summed E-state index contributed by atoms with van der Waals surface area (Å²) in [6.45, 7) is 1.69. The number of aromatic nitrogens is 2. The minimum Gasteiger partial charge on any atom is -0.444 e. The van der Waals surface area contributed by atoms with E-state index >= 15 is 0 Å². The van der Waals surface area contributed by atoms with Gasteiger partial charge in [0, 0.05) is 19.7 Å². The Morgan fingerprint density at radius 1 is 0.897 bits per heavy atom. The van der Waals surface area contributed by atoms with Gasteiger partial charge in [0.25, 0.3) is 5.56 Å². The first-order valence-electron chi connectivity index (χ1n) is 9.25. The average Bonchev–Trinajstić information content (AvgIpc) is 2.76. The third-order valence-electron chi connectivity index (χ3n) is 5.26. The van der Waals surface area contributed by atoms with Crippen molar-refractivity contribution in [3.63, 3.8) is 0 Å². The molecule has 29 heavy (non-hydrogen) atoms. The summed E-state index contributed by atoms with van der Waals surface area (Å²) in [5, 5.41) is 0. The molecule has 2 aromatic carbocycles. The highest BCUT2D eigenvalue weighted by Crippen LogP contribution is 2.41. The quantitative estimate of drug-likeness (QED) is 0.647. The van der Waals surface area contributed by atoms with E-state index in [4.69, 9.17) is 4.74 Å². The van der Waals surface area contributed by atoms with Crippen molar-refractivity contribution in [1.82, 2.24) is 9.13 Å². The molecule has 0 N–H and O–H groups in total. The zero-order valence-corrected chi connectivity index (χ0v) is 16.4. The van der Waals surface area contributed by atoms with Crippen LogP contribution >= 0.6 is 0 Å². The fourth-order valence-corrected chi connectivity index (χ4v) is 3.78. The molecule has 1 aliphatic heterocycles. The van der Waals surface area contributed by atoms with Gasteiger partial charge in [-0.15, -0.1) is 0 Å². The monoisotopic (exact) mass is 388 g/mol. The van der Waals surface area contributed by atoms with E-state index in [1.54, 1.807) is 38.2 Å². The summed E-state index contributed by atoms with van der Waals surface area (Å²) in [5.74, 6) is -0.297. The second-order valence-corrected chi connectivity index (χ2v) is 7.04. The standard InChI is InChI=1S/C23H20N2O4/c1-14-17(20(26)16-12-8-5-9-13-16)18(15-10-6-4-7-11-15)19-21(27)24(2)23(28)25(3)22(19)29-14/h4-13,18H,1-3H3/t18-/m0/s1. The Balaban J connectivity index is 2.04. The number of allylic oxidation sites excluding steroid dienone is 2. The van der Waals surface area contributed by atoms with Crippen LogP contribution in [-0.2, 0) is 14.1 Å². The summed E-state index contributed by atoms with van der Waals surface area (Å²) in [7, 11) is 2.98. The van der Waals surface area contributed by atoms with Gasteiger partial charge in [0.2, 0.25) is 5.88 Å². The molecule has 0 spiro atoms. The van der Waals surface area contributed by atoms with E-state index in [1.807, 2.05) is 36.4 Å². The number of Topliss-reactive ketones (excluding diaryl/α,β-unsaturated/α-hetero) is 1. The van der Waals surface area contributed by atoms with Crippen LogP contribution in [0.25, 0.3) is 0 Å². The van der Waals surface area contributed by atoms with Gasteiger partial charge in [-0.2, -0.15) is 0 Å². The fourth-order valence-electron chi connectivity index (χ4n) is 3.78. The summed E-state index contributed by atoms with van der Waals surface area (Å²) < 4.78 is 8.25. The summed E-state index contributed by atoms with van der Waals surface area (Å²) in [4.78, 5) is 39.0. The molecular weight excluding hydrogens is 368 g/mol. The van der Waals surface area contributed by atoms with E-state index in [0.29, 0.717) is 16.9 Å². The Hall–Kier alpha value is -3.67. The lowest BCUT2D eigenvalue weighted by Crippen LogP contribution is -2.42. The van der Waals surface area contributed by atoms with Gasteiger partial charge in [-0.25, -0.2) is 4.79 Å². The summed E-state index contributed by atoms with van der Waals surface area (Å²) in [6.07, 6.45) is 0. The molecule has 146 valence electrons. The lowest BCUT2D eigenvalue weighted by molar-refractivity contribution is 0.102. The van der Waals surface area contributed by atoms with Crippen molar-refractivity contribution < 1.29 is 9.53 Å². The number of carbonyl (C=O) groups excluding carboxylic acids is 1. The van der Waals surface area contributed by atoms with Crippen molar-refractivity contribution in [2.75, 3.05) is 0 Å². The van der Waals surface area contributed by atoms with Gasteiger partial charge < -0.3 is 4.74 Å². The normalized spacial score (nSPS) is 15.6. The molecule has 6 heteroatoms. The summed E-state index contributed by atoms with van der Waals surface area (Å²) in [5.41, 5.74) is 1.02. The predicted octanol–water partition coefficient (Wildman–Crippen LogP) is 2.77. The molecule has 1 aliphatic rings. The predicted molar refractivity (Wildman–Crippen MR) is 109 cm³/mol. The number of rotatable bonds is 3. The Morgan fingerprint density at radius 2 is 1.48 bits per heavy atom. The minimum atomic E-state index is -0.641. The van der Waals surface area contributed by atoms with Crippen LogP contribution in [0.5, 0.6) is 5.88 Å². The van der Waals surface area contributed by atoms with E-state index in [1.165, 1.54) is 11.6 Å². The van der Waals surface area contributed by atoms with Gasteiger partial charge in [0.05, 0.1) is 17.1 Å². The Bertz CT molecular complexity index is 1250. The number of ether oxygens (including phenoxy) is 1. The van der Waals surface area contributed by atoms with E-state index in [2.05, 4.69) is 0 Å². The van der Waals surface area contributed by atoms with Gasteiger partial charge in [-0.3, -0.25) is 18.7 Å².